The van der Waals surface area contributed by atoms with Crippen molar-refractivity contribution in [1.82, 2.24) is 14.7 Å². The summed E-state index contributed by atoms with van der Waals surface area (Å²) < 4.78 is 0. The van der Waals surface area contributed by atoms with Crippen molar-refractivity contribution in [2.24, 2.45) is 0 Å². The quantitative estimate of drug-likeness (QED) is 0.652. The third-order valence-corrected chi connectivity index (χ3v) is 2.60. The maximum atomic E-state index is 7.57. The maximum absolute atomic E-state index is 7.57. The van der Waals surface area contributed by atoms with Gasteiger partial charge < -0.3 is 19.8 Å². The molecule has 0 aliphatic rings. The van der Waals surface area contributed by atoms with Gasteiger partial charge in [0.1, 0.15) is 0 Å². The van der Waals surface area contributed by atoms with Gasteiger partial charge in [0.15, 0.2) is 0 Å². The molecule has 0 rings (SSSR count). The third-order valence-electron chi connectivity index (χ3n) is 2.60. The van der Waals surface area contributed by atoms with Gasteiger partial charge in [-0.2, -0.15) is 0 Å². The number of aliphatic hydroxyl groups excluding tert-OH is 1. The molecule has 0 heterocycles. The van der Waals surface area contributed by atoms with E-state index in [9.17, 15) is 0 Å². The molecule has 0 saturated carbocycles. The Morgan fingerprint density at radius 1 is 0.842 bits per heavy atom. The van der Waals surface area contributed by atoms with Crippen molar-refractivity contribution in [3.63, 3.8) is 0 Å². The smallest absolute Gasteiger partial charge is 0.0402 e. The molecule has 0 bridgehead atoms. The normalized spacial score (nSPS) is 11.1. The largest absolute Gasteiger partial charge is 0.397 e. The molecule has 1 N–H and O–H groups in total. The fourth-order valence-electron chi connectivity index (χ4n) is 1.77. The van der Waals surface area contributed by atoms with Crippen LogP contribution in [0, 0.1) is 6.42 Å². The molecule has 0 unspecified atom stereocenters. The summed E-state index contributed by atoms with van der Waals surface area (Å²) in [5, 5.41) is 7.57. The van der Waals surface area contributed by atoms with Crippen molar-refractivity contribution in [2.45, 2.75) is 26.7 Å². The van der Waals surface area contributed by atoms with Gasteiger partial charge in [-0.05, 0) is 80.6 Å². The van der Waals surface area contributed by atoms with Crippen molar-refractivity contribution in [3.05, 3.63) is 6.42 Å². The number of aliphatic hydroxyl groups is 1. The zero-order chi connectivity index (χ0) is 15.1. The minimum atomic E-state index is 0.250. The van der Waals surface area contributed by atoms with Gasteiger partial charge in [-0.3, -0.25) is 0 Å². The summed E-state index contributed by atoms with van der Waals surface area (Å²) in [6, 6.07) is 0. The Morgan fingerprint density at radius 2 is 1.21 bits per heavy atom. The molecule has 1 radical (unpaired) electrons. The molecule has 117 valence electrons. The Bertz CT molecular complexity index is 149. The fourth-order valence-corrected chi connectivity index (χ4v) is 1.77. The second-order valence-corrected chi connectivity index (χ2v) is 5.34. The highest BCUT2D eigenvalue weighted by molar-refractivity contribution is 4.67. The first-order valence-electron chi connectivity index (χ1n) is 7.38. The van der Waals surface area contributed by atoms with E-state index >= 15 is 0 Å². The van der Waals surface area contributed by atoms with Crippen LogP contribution in [0.3, 0.4) is 0 Å². The molecule has 0 aliphatic heterocycles. The van der Waals surface area contributed by atoms with Crippen LogP contribution >= 0.6 is 0 Å². The minimum Gasteiger partial charge on any atom is -0.397 e. The van der Waals surface area contributed by atoms with Gasteiger partial charge >= 0.3 is 0 Å². The average Bonchev–Trinajstić information content (AvgIpc) is 2.29. The van der Waals surface area contributed by atoms with Gasteiger partial charge in [-0.15, -0.1) is 0 Å². The van der Waals surface area contributed by atoms with Gasteiger partial charge in [-0.25, -0.2) is 0 Å². The maximum Gasteiger partial charge on any atom is 0.0402 e. The molecule has 19 heavy (non-hydrogen) atoms. The van der Waals surface area contributed by atoms with Gasteiger partial charge in [0.25, 0.3) is 0 Å². The summed E-state index contributed by atoms with van der Waals surface area (Å²) in [7, 11) is 8.56. The number of hydrogen-bond acceptors (Lipinski definition) is 4. The Morgan fingerprint density at radius 3 is 1.47 bits per heavy atom. The number of nitrogens with zero attached hydrogens (tertiary/aromatic N) is 3. The van der Waals surface area contributed by atoms with E-state index in [0.29, 0.717) is 0 Å². The van der Waals surface area contributed by atoms with E-state index in [1.54, 1.807) is 6.92 Å². The summed E-state index contributed by atoms with van der Waals surface area (Å²) in [6.45, 7) is 10.0. The third kappa shape index (κ3) is 20.3. The summed E-state index contributed by atoms with van der Waals surface area (Å²) in [5.41, 5.74) is 0. The van der Waals surface area contributed by atoms with Gasteiger partial charge in [-0.1, -0.05) is 6.92 Å². The lowest BCUT2D eigenvalue weighted by atomic mass is 10.3. The van der Waals surface area contributed by atoms with Crippen LogP contribution in [-0.2, 0) is 0 Å². The van der Waals surface area contributed by atoms with Crippen LogP contribution in [0.15, 0.2) is 0 Å². The first-order valence-corrected chi connectivity index (χ1v) is 7.38. The first-order chi connectivity index (χ1) is 8.97. The molecular formula is C15H36N3O. The molecule has 0 atom stereocenters. The highest BCUT2D eigenvalue weighted by atomic mass is 16.2. The van der Waals surface area contributed by atoms with Crippen molar-refractivity contribution in [1.29, 1.82) is 0 Å². The zero-order valence-electron chi connectivity index (χ0n) is 14.0. The van der Waals surface area contributed by atoms with Crippen LogP contribution in [0.4, 0.5) is 0 Å². The predicted octanol–water partition coefficient (Wildman–Crippen LogP) is 1.41. The summed E-state index contributed by atoms with van der Waals surface area (Å²) in [5.74, 6) is 0. The lowest BCUT2D eigenvalue weighted by molar-refractivity contribution is 0.255. The van der Waals surface area contributed by atoms with Gasteiger partial charge in [0, 0.05) is 13.2 Å². The van der Waals surface area contributed by atoms with E-state index in [0.717, 1.165) is 6.54 Å². The van der Waals surface area contributed by atoms with E-state index in [4.69, 9.17) is 5.11 Å². The van der Waals surface area contributed by atoms with Gasteiger partial charge in [0.2, 0.25) is 0 Å². The van der Waals surface area contributed by atoms with Crippen molar-refractivity contribution in [2.75, 3.05) is 67.5 Å². The standard InChI is InChI=1S/C13H30N3.C2H6O/c1-6-9-16(12-7-10-14(2)3)13-8-11-15(4)5;1-2-3/h6H,7-13H2,1-5H3;3H,2H2,1H3. The molecule has 0 spiro atoms. The van der Waals surface area contributed by atoms with Crippen LogP contribution in [0.5, 0.6) is 0 Å². The summed E-state index contributed by atoms with van der Waals surface area (Å²) in [4.78, 5) is 7.06. The molecule has 4 nitrogen and oxygen atoms in total. The highest BCUT2D eigenvalue weighted by Crippen LogP contribution is 1.97. The van der Waals surface area contributed by atoms with Crippen molar-refractivity contribution >= 4 is 0 Å². The van der Waals surface area contributed by atoms with E-state index in [1.807, 2.05) is 0 Å². The van der Waals surface area contributed by atoms with E-state index in [2.05, 4.69) is 56.2 Å². The van der Waals surface area contributed by atoms with E-state index in [1.165, 1.54) is 39.0 Å². The average molecular weight is 274 g/mol. The fraction of sp³-hybridized carbons (Fsp3) is 0.933. The number of hydrogen-bond donors (Lipinski definition) is 1. The molecule has 0 aromatic carbocycles. The molecule has 0 amide bonds. The lowest BCUT2D eigenvalue weighted by Crippen LogP contribution is -2.31. The zero-order valence-corrected chi connectivity index (χ0v) is 14.0. The van der Waals surface area contributed by atoms with Crippen LogP contribution < -0.4 is 0 Å². The summed E-state index contributed by atoms with van der Waals surface area (Å²) >= 11 is 0. The molecule has 0 aromatic heterocycles. The molecular weight excluding hydrogens is 238 g/mol. The van der Waals surface area contributed by atoms with Crippen LogP contribution in [0.25, 0.3) is 0 Å². The number of rotatable bonds is 10. The predicted molar refractivity (Wildman–Crippen MR) is 85.5 cm³/mol. The molecule has 0 saturated heterocycles. The second-order valence-electron chi connectivity index (χ2n) is 5.34. The molecule has 0 aromatic rings. The van der Waals surface area contributed by atoms with Crippen LogP contribution in [-0.4, -0.2) is 87.3 Å². The Balaban J connectivity index is 0. The summed E-state index contributed by atoms with van der Waals surface area (Å²) in [6.07, 6.45) is 4.79. The second kappa shape index (κ2) is 15.9. The van der Waals surface area contributed by atoms with Crippen molar-refractivity contribution in [3.8, 4) is 0 Å². The molecule has 0 aliphatic carbocycles. The first kappa shape index (κ1) is 21.1. The van der Waals surface area contributed by atoms with E-state index in [-0.39, 0.29) is 6.61 Å². The highest BCUT2D eigenvalue weighted by Gasteiger charge is 2.04. The molecule has 0 fully saturated rings. The lowest BCUT2D eigenvalue weighted by Gasteiger charge is -2.23. The van der Waals surface area contributed by atoms with Crippen LogP contribution in [0.1, 0.15) is 26.7 Å². The van der Waals surface area contributed by atoms with Crippen LogP contribution in [0.2, 0.25) is 0 Å². The Kier molecular flexibility index (Phi) is 17.7. The Labute approximate surface area is 121 Å². The SMILES string of the molecule is CCO.C[CH]CN(CCCN(C)C)CCCN(C)C. The van der Waals surface area contributed by atoms with E-state index < -0.39 is 0 Å². The Hall–Kier alpha value is -0.160. The topological polar surface area (TPSA) is 30.0 Å². The van der Waals surface area contributed by atoms with Crippen molar-refractivity contribution < 1.29 is 5.11 Å². The monoisotopic (exact) mass is 274 g/mol. The molecule has 4 heteroatoms. The van der Waals surface area contributed by atoms with Gasteiger partial charge in [0.05, 0.1) is 0 Å². The minimum absolute atomic E-state index is 0.250.